The SMILES string of the molecule is COc1cc2ccc(C(C)=O)cc2c(C)c1OC. The summed E-state index contributed by atoms with van der Waals surface area (Å²) in [4.78, 5) is 11.4. The lowest BCUT2D eigenvalue weighted by Crippen LogP contribution is -1.96. The molecule has 0 bridgehead atoms. The third-order valence-corrected chi connectivity index (χ3v) is 3.14. The van der Waals surface area contributed by atoms with Crippen LogP contribution in [0.3, 0.4) is 0 Å². The summed E-state index contributed by atoms with van der Waals surface area (Å²) in [6.45, 7) is 3.53. The van der Waals surface area contributed by atoms with E-state index in [1.165, 1.54) is 0 Å². The van der Waals surface area contributed by atoms with E-state index in [4.69, 9.17) is 9.47 Å². The Morgan fingerprint density at radius 3 is 2.39 bits per heavy atom. The molecule has 0 fully saturated rings. The molecular formula is C15H16O3. The molecule has 0 N–H and O–H groups in total. The van der Waals surface area contributed by atoms with Crippen LogP contribution in [0.1, 0.15) is 22.8 Å². The fraction of sp³-hybridized carbons (Fsp3) is 0.267. The molecule has 0 unspecified atom stereocenters. The highest BCUT2D eigenvalue weighted by Gasteiger charge is 2.12. The first-order valence-corrected chi connectivity index (χ1v) is 5.74. The van der Waals surface area contributed by atoms with E-state index in [0.29, 0.717) is 17.1 Å². The van der Waals surface area contributed by atoms with Crippen molar-refractivity contribution in [2.75, 3.05) is 14.2 Å². The van der Waals surface area contributed by atoms with Gasteiger partial charge >= 0.3 is 0 Å². The zero-order valence-corrected chi connectivity index (χ0v) is 11.0. The van der Waals surface area contributed by atoms with Crippen LogP contribution in [-0.4, -0.2) is 20.0 Å². The molecule has 0 heterocycles. The Morgan fingerprint density at radius 1 is 1.11 bits per heavy atom. The molecule has 18 heavy (non-hydrogen) atoms. The molecule has 0 aliphatic rings. The highest BCUT2D eigenvalue weighted by Crippen LogP contribution is 2.37. The van der Waals surface area contributed by atoms with Crippen molar-refractivity contribution in [3.63, 3.8) is 0 Å². The van der Waals surface area contributed by atoms with Gasteiger partial charge in [0.05, 0.1) is 14.2 Å². The van der Waals surface area contributed by atoms with Crippen molar-refractivity contribution in [2.24, 2.45) is 0 Å². The quantitative estimate of drug-likeness (QED) is 0.776. The third-order valence-electron chi connectivity index (χ3n) is 3.14. The van der Waals surface area contributed by atoms with Gasteiger partial charge in [0, 0.05) is 11.1 Å². The van der Waals surface area contributed by atoms with Gasteiger partial charge in [-0.05, 0) is 36.8 Å². The van der Waals surface area contributed by atoms with Crippen LogP contribution in [0.2, 0.25) is 0 Å². The topological polar surface area (TPSA) is 35.5 Å². The van der Waals surface area contributed by atoms with E-state index in [1.54, 1.807) is 21.1 Å². The molecule has 0 aliphatic heterocycles. The zero-order chi connectivity index (χ0) is 13.3. The van der Waals surface area contributed by atoms with E-state index >= 15 is 0 Å². The normalized spacial score (nSPS) is 10.4. The largest absolute Gasteiger partial charge is 0.493 e. The maximum absolute atomic E-state index is 11.4. The van der Waals surface area contributed by atoms with Crippen LogP contribution in [0.4, 0.5) is 0 Å². The first-order chi connectivity index (χ1) is 8.58. The maximum atomic E-state index is 11.4. The van der Waals surface area contributed by atoms with E-state index in [9.17, 15) is 4.79 Å². The van der Waals surface area contributed by atoms with Crippen molar-refractivity contribution in [1.29, 1.82) is 0 Å². The lowest BCUT2D eigenvalue weighted by Gasteiger charge is -2.13. The van der Waals surface area contributed by atoms with E-state index < -0.39 is 0 Å². The Hall–Kier alpha value is -2.03. The number of carbonyl (C=O) groups is 1. The van der Waals surface area contributed by atoms with Gasteiger partial charge < -0.3 is 9.47 Å². The number of benzene rings is 2. The fourth-order valence-electron chi connectivity index (χ4n) is 2.15. The van der Waals surface area contributed by atoms with Crippen molar-refractivity contribution >= 4 is 16.6 Å². The summed E-state index contributed by atoms with van der Waals surface area (Å²) in [6.07, 6.45) is 0. The van der Waals surface area contributed by atoms with E-state index in [1.807, 2.05) is 31.2 Å². The number of ether oxygens (including phenoxy) is 2. The lowest BCUT2D eigenvalue weighted by atomic mass is 10.00. The Kier molecular flexibility index (Phi) is 3.24. The van der Waals surface area contributed by atoms with Crippen LogP contribution in [0.5, 0.6) is 11.5 Å². The van der Waals surface area contributed by atoms with Crippen LogP contribution < -0.4 is 9.47 Å². The monoisotopic (exact) mass is 244 g/mol. The van der Waals surface area contributed by atoms with Gasteiger partial charge in [-0.25, -0.2) is 0 Å². The van der Waals surface area contributed by atoms with Gasteiger partial charge in [-0.3, -0.25) is 4.79 Å². The predicted molar refractivity (Wildman–Crippen MR) is 71.8 cm³/mol. The Labute approximate surface area is 106 Å². The number of ketones is 1. The zero-order valence-electron chi connectivity index (χ0n) is 11.0. The molecule has 0 aliphatic carbocycles. The predicted octanol–water partition coefficient (Wildman–Crippen LogP) is 3.37. The smallest absolute Gasteiger partial charge is 0.164 e. The fourth-order valence-corrected chi connectivity index (χ4v) is 2.15. The summed E-state index contributed by atoms with van der Waals surface area (Å²) in [6, 6.07) is 7.58. The minimum atomic E-state index is 0.0612. The average Bonchev–Trinajstić information content (AvgIpc) is 2.37. The molecular weight excluding hydrogens is 228 g/mol. The molecule has 0 saturated heterocycles. The second kappa shape index (κ2) is 4.69. The Balaban J connectivity index is 2.78. The Morgan fingerprint density at radius 2 is 1.83 bits per heavy atom. The maximum Gasteiger partial charge on any atom is 0.164 e. The first kappa shape index (κ1) is 12.4. The van der Waals surface area contributed by atoms with Gasteiger partial charge in [0.2, 0.25) is 0 Å². The molecule has 0 aromatic heterocycles. The first-order valence-electron chi connectivity index (χ1n) is 5.74. The number of methoxy groups -OCH3 is 2. The summed E-state index contributed by atoms with van der Waals surface area (Å²) in [7, 11) is 3.23. The van der Waals surface area contributed by atoms with Crippen molar-refractivity contribution in [3.05, 3.63) is 35.4 Å². The third kappa shape index (κ3) is 1.92. The second-order valence-corrected chi connectivity index (χ2v) is 4.23. The second-order valence-electron chi connectivity index (χ2n) is 4.23. The molecule has 0 saturated carbocycles. The van der Waals surface area contributed by atoms with Crippen LogP contribution in [0.15, 0.2) is 24.3 Å². The van der Waals surface area contributed by atoms with E-state index in [0.717, 1.165) is 16.3 Å². The summed E-state index contributed by atoms with van der Waals surface area (Å²) >= 11 is 0. The number of fused-ring (bicyclic) bond motifs is 1. The average molecular weight is 244 g/mol. The van der Waals surface area contributed by atoms with Crippen molar-refractivity contribution in [3.8, 4) is 11.5 Å². The number of Topliss-reactive ketones (excluding diaryl/α,β-unsaturated/α-hetero) is 1. The molecule has 2 aromatic rings. The van der Waals surface area contributed by atoms with Gasteiger partial charge in [0.1, 0.15) is 0 Å². The standard InChI is InChI=1S/C15H16O3/c1-9-13-7-11(10(2)16)5-6-12(13)8-14(17-3)15(9)18-4/h5-8H,1-4H3. The van der Waals surface area contributed by atoms with Gasteiger partial charge in [0.25, 0.3) is 0 Å². The van der Waals surface area contributed by atoms with E-state index in [2.05, 4.69) is 0 Å². The molecule has 2 aromatic carbocycles. The molecule has 2 rings (SSSR count). The van der Waals surface area contributed by atoms with Gasteiger partial charge in [-0.15, -0.1) is 0 Å². The Bertz CT molecular complexity index is 615. The summed E-state index contributed by atoms with van der Waals surface area (Å²) < 4.78 is 10.7. The number of hydrogen-bond acceptors (Lipinski definition) is 3. The highest BCUT2D eigenvalue weighted by atomic mass is 16.5. The van der Waals surface area contributed by atoms with Crippen molar-refractivity contribution in [2.45, 2.75) is 13.8 Å². The van der Waals surface area contributed by atoms with Gasteiger partial charge in [-0.1, -0.05) is 12.1 Å². The van der Waals surface area contributed by atoms with Gasteiger partial charge in [-0.2, -0.15) is 0 Å². The number of carbonyl (C=O) groups excluding carboxylic acids is 1. The number of hydrogen-bond donors (Lipinski definition) is 0. The molecule has 0 radical (unpaired) electrons. The summed E-state index contributed by atoms with van der Waals surface area (Å²) in [5.74, 6) is 1.48. The number of rotatable bonds is 3. The minimum absolute atomic E-state index is 0.0612. The number of aryl methyl sites for hydroxylation is 1. The van der Waals surface area contributed by atoms with Crippen molar-refractivity contribution in [1.82, 2.24) is 0 Å². The highest BCUT2D eigenvalue weighted by molar-refractivity contribution is 6.00. The van der Waals surface area contributed by atoms with Gasteiger partial charge in [0.15, 0.2) is 17.3 Å². The van der Waals surface area contributed by atoms with Crippen molar-refractivity contribution < 1.29 is 14.3 Å². The van der Waals surface area contributed by atoms with Crippen LogP contribution in [-0.2, 0) is 0 Å². The molecule has 0 spiro atoms. The minimum Gasteiger partial charge on any atom is -0.493 e. The van der Waals surface area contributed by atoms with E-state index in [-0.39, 0.29) is 5.78 Å². The molecule has 3 nitrogen and oxygen atoms in total. The summed E-state index contributed by atoms with van der Waals surface area (Å²) in [5.41, 5.74) is 1.69. The summed E-state index contributed by atoms with van der Waals surface area (Å²) in [5, 5.41) is 2.05. The van der Waals surface area contributed by atoms with Crippen LogP contribution >= 0.6 is 0 Å². The molecule has 0 atom stereocenters. The molecule has 0 amide bonds. The molecule has 3 heteroatoms. The lowest BCUT2D eigenvalue weighted by molar-refractivity contribution is 0.101. The van der Waals surface area contributed by atoms with Crippen LogP contribution in [0, 0.1) is 6.92 Å². The van der Waals surface area contributed by atoms with Crippen LogP contribution in [0.25, 0.3) is 10.8 Å². The molecule has 94 valence electrons.